The number of dihydropyridines is 1. The third-order valence-electron chi connectivity index (χ3n) is 8.70. The zero-order valence-electron chi connectivity index (χ0n) is 22.8. The number of hydrogen-bond donors (Lipinski definition) is 4. The van der Waals surface area contributed by atoms with Gasteiger partial charge in [-0.15, -0.1) is 0 Å². The van der Waals surface area contributed by atoms with E-state index < -0.39 is 6.10 Å². The van der Waals surface area contributed by atoms with Gasteiger partial charge in [0.05, 0.1) is 31.1 Å². The molecule has 0 spiro atoms. The van der Waals surface area contributed by atoms with Crippen LogP contribution in [0.25, 0.3) is 0 Å². The molecule has 5 rings (SSSR count). The van der Waals surface area contributed by atoms with E-state index in [-0.39, 0.29) is 30.0 Å². The third kappa shape index (κ3) is 6.75. The summed E-state index contributed by atoms with van der Waals surface area (Å²) in [4.78, 5) is 0. The lowest BCUT2D eigenvalue weighted by molar-refractivity contribution is -0.00231. The van der Waals surface area contributed by atoms with Gasteiger partial charge < -0.3 is 30.7 Å². The Labute approximate surface area is 227 Å². The topological polar surface area (TPSA) is 97.0 Å². The van der Waals surface area contributed by atoms with Crippen LogP contribution in [-0.2, 0) is 17.6 Å². The smallest absolute Gasteiger partial charge is 0.164 e. The molecule has 0 amide bonds. The molecule has 4 aliphatic rings. The fraction of sp³-hybridized carbons (Fsp3) is 0.625. The van der Waals surface area contributed by atoms with Gasteiger partial charge in [0, 0.05) is 28.8 Å². The number of nitrogens with one attached hydrogen (secondary N) is 1. The molecule has 0 bridgehead atoms. The van der Waals surface area contributed by atoms with Crippen LogP contribution in [0.3, 0.4) is 0 Å². The molecule has 2 aliphatic carbocycles. The molecule has 5 unspecified atom stereocenters. The van der Waals surface area contributed by atoms with Gasteiger partial charge in [0.1, 0.15) is 0 Å². The number of hydrogen-bond acceptors (Lipinski definition) is 6. The van der Waals surface area contributed by atoms with Gasteiger partial charge in [-0.3, -0.25) is 0 Å². The van der Waals surface area contributed by atoms with Crippen molar-refractivity contribution in [1.29, 1.82) is 0 Å². The van der Waals surface area contributed by atoms with Gasteiger partial charge in [0.2, 0.25) is 0 Å². The molecule has 6 nitrogen and oxygen atoms in total. The summed E-state index contributed by atoms with van der Waals surface area (Å²) in [6.07, 6.45) is 15.3. The summed E-state index contributed by atoms with van der Waals surface area (Å²) in [5, 5.41) is 25.1. The predicted molar refractivity (Wildman–Crippen MR) is 150 cm³/mol. The zero-order valence-corrected chi connectivity index (χ0v) is 22.8. The molecule has 2 aliphatic heterocycles. The number of ether oxygens (including phenoxy) is 2. The summed E-state index contributed by atoms with van der Waals surface area (Å²) in [5.74, 6) is 8.10. The zero-order chi connectivity index (χ0) is 26.5. The molecule has 0 aromatic heterocycles. The Morgan fingerprint density at radius 2 is 1.97 bits per heavy atom. The highest BCUT2D eigenvalue weighted by Gasteiger charge is 2.31. The lowest BCUT2D eigenvalue weighted by Gasteiger charge is -2.33. The molecule has 206 valence electrons. The second kappa shape index (κ2) is 12.6. The van der Waals surface area contributed by atoms with Gasteiger partial charge in [0.25, 0.3) is 0 Å². The molecular formula is C32H44N2O4. The monoisotopic (exact) mass is 520 g/mol. The summed E-state index contributed by atoms with van der Waals surface area (Å²) >= 11 is 0. The lowest BCUT2D eigenvalue weighted by Crippen LogP contribution is -2.35. The minimum absolute atomic E-state index is 0.0144. The van der Waals surface area contributed by atoms with E-state index in [2.05, 4.69) is 24.1 Å². The Morgan fingerprint density at radius 1 is 1.13 bits per heavy atom. The van der Waals surface area contributed by atoms with Crippen molar-refractivity contribution in [2.75, 3.05) is 6.61 Å². The number of benzene rings is 1. The molecule has 0 radical (unpaired) electrons. The van der Waals surface area contributed by atoms with Gasteiger partial charge in [-0.05, 0) is 94.3 Å². The maximum absolute atomic E-state index is 11.4. The Morgan fingerprint density at radius 3 is 2.82 bits per heavy atom. The first kappa shape index (κ1) is 27.1. The molecule has 5 N–H and O–H groups in total. The van der Waals surface area contributed by atoms with Crippen molar-refractivity contribution in [1.82, 2.24) is 5.32 Å². The van der Waals surface area contributed by atoms with Crippen LogP contribution in [0.15, 0.2) is 35.6 Å². The summed E-state index contributed by atoms with van der Waals surface area (Å²) in [6, 6.07) is 3.79. The summed E-state index contributed by atoms with van der Waals surface area (Å²) in [6.45, 7) is 2.63. The van der Waals surface area contributed by atoms with E-state index in [9.17, 15) is 10.2 Å². The van der Waals surface area contributed by atoms with E-state index in [1.165, 1.54) is 24.8 Å². The maximum Gasteiger partial charge on any atom is 0.164 e. The second-order valence-corrected chi connectivity index (χ2v) is 11.7. The van der Waals surface area contributed by atoms with Crippen molar-refractivity contribution >= 4 is 0 Å². The van der Waals surface area contributed by atoms with Crippen LogP contribution in [0, 0.1) is 23.7 Å². The van der Waals surface area contributed by atoms with Crippen molar-refractivity contribution in [2.45, 2.75) is 108 Å². The molecule has 1 saturated carbocycles. The van der Waals surface area contributed by atoms with Crippen molar-refractivity contribution in [2.24, 2.45) is 17.6 Å². The van der Waals surface area contributed by atoms with Gasteiger partial charge in [-0.1, -0.05) is 31.3 Å². The number of aliphatic hydroxyl groups excluding tert-OH is 1. The van der Waals surface area contributed by atoms with Crippen molar-refractivity contribution in [3.63, 3.8) is 0 Å². The number of nitrogens with two attached hydrogens (primary N) is 1. The Kier molecular flexibility index (Phi) is 8.99. The highest BCUT2D eigenvalue weighted by atomic mass is 16.5. The number of aromatic hydroxyl groups is 1. The number of rotatable bonds is 5. The van der Waals surface area contributed by atoms with Gasteiger partial charge in [-0.25, -0.2) is 0 Å². The predicted octanol–water partition coefficient (Wildman–Crippen LogP) is 4.87. The number of phenols is 1. The number of aliphatic hydroxyl groups is 1. The molecule has 0 saturated heterocycles. The molecular weight excluding hydrogens is 476 g/mol. The Bertz CT molecular complexity index is 1090. The average Bonchev–Trinajstić information content (AvgIpc) is 2.95. The van der Waals surface area contributed by atoms with Gasteiger partial charge in [-0.2, -0.15) is 0 Å². The van der Waals surface area contributed by atoms with Crippen molar-refractivity contribution in [3.05, 3.63) is 46.7 Å². The van der Waals surface area contributed by atoms with E-state index in [0.29, 0.717) is 24.7 Å². The van der Waals surface area contributed by atoms with Crippen LogP contribution in [-0.4, -0.2) is 41.3 Å². The third-order valence-corrected chi connectivity index (χ3v) is 8.70. The summed E-state index contributed by atoms with van der Waals surface area (Å²) in [7, 11) is 0. The molecule has 1 fully saturated rings. The van der Waals surface area contributed by atoms with E-state index in [1.54, 1.807) is 6.07 Å². The Hall–Kier alpha value is -2.46. The highest BCUT2D eigenvalue weighted by Crippen LogP contribution is 2.41. The SMILES string of the molecule is CC1C#CC2=CC(N)NC=C2COC(CC(O)C2CCc3c(ccc(O)c3OC3CCCCC3)C2)CCC1. The van der Waals surface area contributed by atoms with Crippen LogP contribution in [0.5, 0.6) is 11.5 Å². The first-order valence-corrected chi connectivity index (χ1v) is 14.7. The second-order valence-electron chi connectivity index (χ2n) is 11.7. The van der Waals surface area contributed by atoms with Crippen LogP contribution < -0.4 is 15.8 Å². The molecule has 1 aromatic rings. The number of phenolic OH excluding ortho intramolecular Hbond substituents is 1. The van der Waals surface area contributed by atoms with E-state index in [4.69, 9.17) is 15.2 Å². The highest BCUT2D eigenvalue weighted by molar-refractivity contribution is 5.51. The number of fused-ring (bicyclic) bond motifs is 2. The van der Waals surface area contributed by atoms with E-state index in [1.807, 2.05) is 18.3 Å². The largest absolute Gasteiger partial charge is 0.504 e. The first-order valence-electron chi connectivity index (χ1n) is 14.7. The molecule has 6 heteroatoms. The molecule has 2 heterocycles. The summed E-state index contributed by atoms with van der Waals surface area (Å²) in [5.41, 5.74) is 10.3. The van der Waals surface area contributed by atoms with E-state index in [0.717, 1.165) is 68.1 Å². The first-order chi connectivity index (χ1) is 18.5. The maximum atomic E-state index is 11.4. The minimum atomic E-state index is -0.439. The average molecular weight is 521 g/mol. The van der Waals surface area contributed by atoms with E-state index >= 15 is 0 Å². The summed E-state index contributed by atoms with van der Waals surface area (Å²) < 4.78 is 12.7. The van der Waals surface area contributed by atoms with Crippen LogP contribution in [0.2, 0.25) is 0 Å². The minimum Gasteiger partial charge on any atom is -0.504 e. The van der Waals surface area contributed by atoms with Gasteiger partial charge in [0.15, 0.2) is 11.5 Å². The van der Waals surface area contributed by atoms with Crippen molar-refractivity contribution in [3.8, 4) is 23.3 Å². The fourth-order valence-electron chi connectivity index (χ4n) is 6.36. The van der Waals surface area contributed by atoms with Crippen LogP contribution in [0.4, 0.5) is 0 Å². The quantitative estimate of drug-likeness (QED) is 0.414. The fourth-order valence-corrected chi connectivity index (χ4v) is 6.36. The Balaban J connectivity index is 1.23. The molecule has 5 atom stereocenters. The van der Waals surface area contributed by atoms with Gasteiger partial charge >= 0.3 is 0 Å². The lowest BCUT2D eigenvalue weighted by atomic mass is 9.79. The standard InChI is InChI=1S/C32H44N2O4/c1-21-6-5-9-27(37-20-25-19-34-31(33)17-22(25)11-10-21)18-30(36)24-12-14-28-23(16-24)13-15-29(35)32(28)38-26-7-3-2-4-8-26/h13,15,17,19,21,24,26-27,30-31,34-36H,2-9,12,14,16,18,20,33H2,1H3. The van der Waals surface area contributed by atoms with Crippen molar-refractivity contribution < 1.29 is 19.7 Å². The normalized spacial score (nSPS) is 29.1. The van der Waals surface area contributed by atoms with Crippen LogP contribution >= 0.6 is 0 Å². The molecule has 1 aromatic carbocycles. The van der Waals surface area contributed by atoms with Crippen LogP contribution in [0.1, 0.15) is 82.3 Å². The molecule has 38 heavy (non-hydrogen) atoms.